The zero-order chi connectivity index (χ0) is 15.8. The Kier molecular flexibility index (Phi) is 5.48. The highest BCUT2D eigenvalue weighted by Crippen LogP contribution is 2.00. The Hall–Kier alpha value is -2.89. The van der Waals surface area contributed by atoms with Gasteiger partial charge in [-0.25, -0.2) is 5.43 Å². The van der Waals surface area contributed by atoms with Crippen LogP contribution < -0.4 is 10.7 Å². The molecule has 22 heavy (non-hydrogen) atoms. The molecule has 2 N–H and O–H groups in total. The summed E-state index contributed by atoms with van der Waals surface area (Å²) in [6.45, 7) is 1.66. The lowest BCUT2D eigenvalue weighted by Crippen LogP contribution is -2.35. The lowest BCUT2D eigenvalue weighted by atomic mass is 10.1. The van der Waals surface area contributed by atoms with Gasteiger partial charge in [-0.2, -0.15) is 5.10 Å². The summed E-state index contributed by atoms with van der Waals surface area (Å²) in [5.41, 5.74) is 4.30. The topological polar surface area (TPSA) is 83.7 Å². The Morgan fingerprint density at radius 1 is 1.14 bits per heavy atom. The molecule has 6 nitrogen and oxygen atoms in total. The first-order valence-corrected chi connectivity index (χ1v) is 6.83. The molecule has 0 unspecified atom stereocenters. The summed E-state index contributed by atoms with van der Waals surface area (Å²) in [6.07, 6.45) is 2.05. The number of nitrogens with one attached hydrogen (secondary N) is 2. The number of nitrogens with zero attached hydrogens (tertiary/aromatic N) is 1. The standard InChI is InChI=1S/C16H17N3O3/c1-12(10-13-6-3-2-4-7-13)18-19-15(20)11-17-16(21)14-8-5-9-22-14/h2-9H,10-11H2,1H3,(H,17,21)(H,19,20)/b18-12-. The fraction of sp³-hybridized carbons (Fsp3) is 0.188. The van der Waals surface area contributed by atoms with Crippen molar-refractivity contribution in [3.05, 3.63) is 60.1 Å². The van der Waals surface area contributed by atoms with Crippen molar-refractivity contribution in [2.24, 2.45) is 5.10 Å². The molecule has 0 atom stereocenters. The first-order valence-electron chi connectivity index (χ1n) is 6.83. The normalized spacial score (nSPS) is 11.0. The molecule has 0 bridgehead atoms. The lowest BCUT2D eigenvalue weighted by molar-refractivity contribution is -0.120. The van der Waals surface area contributed by atoms with Gasteiger partial charge in [0.1, 0.15) is 0 Å². The summed E-state index contributed by atoms with van der Waals surface area (Å²) < 4.78 is 4.92. The monoisotopic (exact) mass is 299 g/mol. The fourth-order valence-corrected chi connectivity index (χ4v) is 1.78. The number of benzene rings is 1. The molecule has 1 aromatic carbocycles. The minimum absolute atomic E-state index is 0.163. The molecule has 0 aliphatic carbocycles. The van der Waals surface area contributed by atoms with E-state index in [9.17, 15) is 9.59 Å². The van der Waals surface area contributed by atoms with Crippen LogP contribution in [0, 0.1) is 0 Å². The van der Waals surface area contributed by atoms with E-state index >= 15 is 0 Å². The number of rotatable bonds is 6. The molecule has 1 heterocycles. The van der Waals surface area contributed by atoms with Gasteiger partial charge in [0.05, 0.1) is 12.8 Å². The maximum absolute atomic E-state index is 11.6. The molecular formula is C16H17N3O3. The van der Waals surface area contributed by atoms with E-state index in [0.29, 0.717) is 6.42 Å². The van der Waals surface area contributed by atoms with Gasteiger partial charge < -0.3 is 9.73 Å². The molecule has 6 heteroatoms. The zero-order valence-electron chi connectivity index (χ0n) is 12.2. The summed E-state index contributed by atoms with van der Waals surface area (Å²) in [6, 6.07) is 13.0. The van der Waals surface area contributed by atoms with Gasteiger partial charge in [-0.3, -0.25) is 9.59 Å². The van der Waals surface area contributed by atoms with E-state index in [1.165, 1.54) is 12.3 Å². The van der Waals surface area contributed by atoms with Gasteiger partial charge in [-0.1, -0.05) is 30.3 Å². The Morgan fingerprint density at radius 3 is 2.59 bits per heavy atom. The molecule has 0 saturated carbocycles. The Morgan fingerprint density at radius 2 is 1.91 bits per heavy atom. The molecule has 0 spiro atoms. The van der Waals surface area contributed by atoms with E-state index in [4.69, 9.17) is 4.42 Å². The summed E-state index contributed by atoms with van der Waals surface area (Å²) in [5, 5.41) is 6.45. The Balaban J connectivity index is 1.75. The second kappa shape index (κ2) is 7.78. The predicted octanol–water partition coefficient (Wildman–Crippen LogP) is 1.74. The summed E-state index contributed by atoms with van der Waals surface area (Å²) in [5.74, 6) is -0.672. The van der Waals surface area contributed by atoms with Crippen LogP contribution >= 0.6 is 0 Å². The van der Waals surface area contributed by atoms with E-state index in [1.807, 2.05) is 37.3 Å². The number of hydrogen-bond donors (Lipinski definition) is 2. The zero-order valence-corrected chi connectivity index (χ0v) is 12.2. The van der Waals surface area contributed by atoms with E-state index in [0.717, 1.165) is 11.3 Å². The van der Waals surface area contributed by atoms with Crippen molar-refractivity contribution in [2.75, 3.05) is 6.54 Å². The fourth-order valence-electron chi connectivity index (χ4n) is 1.78. The van der Waals surface area contributed by atoms with Crippen LogP contribution in [0.25, 0.3) is 0 Å². The number of hydrazone groups is 1. The van der Waals surface area contributed by atoms with Gasteiger partial charge in [0, 0.05) is 12.1 Å². The van der Waals surface area contributed by atoms with Crippen molar-refractivity contribution in [3.8, 4) is 0 Å². The van der Waals surface area contributed by atoms with E-state index in [1.54, 1.807) is 6.07 Å². The first-order chi connectivity index (χ1) is 10.6. The van der Waals surface area contributed by atoms with Crippen molar-refractivity contribution in [1.29, 1.82) is 0 Å². The first kappa shape index (κ1) is 15.5. The summed E-state index contributed by atoms with van der Waals surface area (Å²) in [7, 11) is 0. The third kappa shape index (κ3) is 4.90. The largest absolute Gasteiger partial charge is 0.459 e. The summed E-state index contributed by atoms with van der Waals surface area (Å²) in [4.78, 5) is 23.2. The second-order valence-corrected chi connectivity index (χ2v) is 4.70. The maximum atomic E-state index is 11.6. The molecule has 0 radical (unpaired) electrons. The number of furan rings is 1. The molecule has 1 aromatic heterocycles. The third-order valence-corrected chi connectivity index (χ3v) is 2.83. The molecular weight excluding hydrogens is 282 g/mol. The van der Waals surface area contributed by atoms with Crippen LogP contribution in [-0.4, -0.2) is 24.1 Å². The van der Waals surface area contributed by atoms with Crippen LogP contribution in [0.3, 0.4) is 0 Å². The Bertz CT molecular complexity index is 649. The van der Waals surface area contributed by atoms with Crippen LogP contribution in [0.4, 0.5) is 0 Å². The van der Waals surface area contributed by atoms with E-state index < -0.39 is 11.8 Å². The highest BCUT2D eigenvalue weighted by atomic mass is 16.3. The van der Waals surface area contributed by atoms with Gasteiger partial charge >= 0.3 is 0 Å². The molecule has 0 aliphatic rings. The molecule has 2 rings (SSSR count). The van der Waals surface area contributed by atoms with Crippen LogP contribution in [0.5, 0.6) is 0 Å². The number of carbonyl (C=O) groups excluding carboxylic acids is 2. The van der Waals surface area contributed by atoms with Gasteiger partial charge in [-0.15, -0.1) is 0 Å². The van der Waals surface area contributed by atoms with Crippen molar-refractivity contribution in [2.45, 2.75) is 13.3 Å². The van der Waals surface area contributed by atoms with Crippen molar-refractivity contribution >= 4 is 17.5 Å². The lowest BCUT2D eigenvalue weighted by Gasteiger charge is -2.04. The molecule has 0 fully saturated rings. The molecule has 2 amide bonds. The number of hydrogen-bond acceptors (Lipinski definition) is 4. The number of amides is 2. The van der Waals surface area contributed by atoms with Gasteiger partial charge in [0.15, 0.2) is 5.76 Å². The third-order valence-electron chi connectivity index (χ3n) is 2.83. The van der Waals surface area contributed by atoms with Gasteiger partial charge in [-0.05, 0) is 24.6 Å². The maximum Gasteiger partial charge on any atom is 0.287 e. The average Bonchev–Trinajstić information content (AvgIpc) is 3.06. The Labute approximate surface area is 128 Å². The smallest absolute Gasteiger partial charge is 0.287 e. The minimum Gasteiger partial charge on any atom is -0.459 e. The van der Waals surface area contributed by atoms with Crippen molar-refractivity contribution < 1.29 is 14.0 Å². The molecule has 0 aliphatic heterocycles. The van der Waals surface area contributed by atoms with Crippen LogP contribution in [0.15, 0.2) is 58.2 Å². The predicted molar refractivity (Wildman–Crippen MR) is 82.4 cm³/mol. The van der Waals surface area contributed by atoms with Gasteiger partial charge in [0.25, 0.3) is 11.8 Å². The highest BCUT2D eigenvalue weighted by molar-refractivity contribution is 5.94. The average molecular weight is 299 g/mol. The number of carbonyl (C=O) groups is 2. The van der Waals surface area contributed by atoms with E-state index in [2.05, 4.69) is 15.8 Å². The van der Waals surface area contributed by atoms with Crippen LogP contribution in [-0.2, 0) is 11.2 Å². The van der Waals surface area contributed by atoms with Crippen LogP contribution in [0.1, 0.15) is 23.0 Å². The SMILES string of the molecule is C/C(Cc1ccccc1)=N/NC(=O)CNC(=O)c1ccco1. The van der Waals surface area contributed by atoms with E-state index in [-0.39, 0.29) is 12.3 Å². The second-order valence-electron chi connectivity index (χ2n) is 4.70. The molecule has 2 aromatic rings. The van der Waals surface area contributed by atoms with Crippen molar-refractivity contribution in [3.63, 3.8) is 0 Å². The highest BCUT2D eigenvalue weighted by Gasteiger charge is 2.09. The quantitative estimate of drug-likeness (QED) is 0.629. The van der Waals surface area contributed by atoms with Crippen molar-refractivity contribution in [1.82, 2.24) is 10.7 Å². The molecule has 0 saturated heterocycles. The van der Waals surface area contributed by atoms with Gasteiger partial charge in [0.2, 0.25) is 0 Å². The summed E-state index contributed by atoms with van der Waals surface area (Å²) >= 11 is 0. The van der Waals surface area contributed by atoms with Crippen LogP contribution in [0.2, 0.25) is 0 Å². The minimum atomic E-state index is -0.440. The molecule has 114 valence electrons.